The minimum Gasteiger partial charge on any atom is -0.475 e. The molecule has 3 heterocycles. The molecule has 3 aromatic heterocycles. The highest BCUT2D eigenvalue weighted by molar-refractivity contribution is 5.73. The van der Waals surface area contributed by atoms with Crippen LogP contribution in [0.25, 0.3) is 11.5 Å². The molecule has 0 aromatic carbocycles. The molecular formula is C17H19F3N4O4. The summed E-state index contributed by atoms with van der Waals surface area (Å²) < 4.78 is 42.5. The van der Waals surface area contributed by atoms with Gasteiger partial charge in [-0.2, -0.15) is 18.3 Å². The zero-order valence-electron chi connectivity index (χ0n) is 15.4. The maximum atomic E-state index is 10.6. The number of furan rings is 1. The molecule has 0 spiro atoms. The number of nitrogens with zero attached hydrogens (tertiary/aromatic N) is 3. The average Bonchev–Trinajstić information content (AvgIpc) is 3.29. The third kappa shape index (κ3) is 6.27. The van der Waals surface area contributed by atoms with Crippen LogP contribution in [-0.4, -0.2) is 44.6 Å². The molecule has 0 saturated carbocycles. The molecule has 0 radical (unpaired) electrons. The van der Waals surface area contributed by atoms with Crippen LogP contribution in [0.4, 0.5) is 13.2 Å². The molecule has 3 rings (SSSR count). The van der Waals surface area contributed by atoms with Gasteiger partial charge in [0.2, 0.25) is 0 Å². The zero-order chi connectivity index (χ0) is 20.9. The second kappa shape index (κ2) is 8.74. The number of rotatable bonds is 5. The number of aromatic nitrogens is 3. The Morgan fingerprint density at radius 2 is 1.93 bits per heavy atom. The predicted octanol–water partition coefficient (Wildman–Crippen LogP) is 3.54. The summed E-state index contributed by atoms with van der Waals surface area (Å²) in [6.07, 6.45) is -5.08. The Morgan fingerprint density at radius 1 is 1.25 bits per heavy atom. The van der Waals surface area contributed by atoms with E-state index < -0.39 is 12.1 Å². The van der Waals surface area contributed by atoms with Crippen LogP contribution >= 0.6 is 0 Å². The Hall–Kier alpha value is -3.08. The monoisotopic (exact) mass is 400 g/mol. The Balaban J connectivity index is 0.000000345. The van der Waals surface area contributed by atoms with Gasteiger partial charge in [0.05, 0.1) is 12.2 Å². The molecule has 0 aliphatic heterocycles. The number of aromatic amines is 1. The van der Waals surface area contributed by atoms with Crippen molar-refractivity contribution in [2.24, 2.45) is 0 Å². The van der Waals surface area contributed by atoms with Gasteiger partial charge in [0.1, 0.15) is 11.5 Å². The highest BCUT2D eigenvalue weighted by Gasteiger charge is 2.38. The van der Waals surface area contributed by atoms with Crippen molar-refractivity contribution in [3.63, 3.8) is 0 Å². The first-order valence-electron chi connectivity index (χ1n) is 8.06. The fourth-order valence-corrected chi connectivity index (χ4v) is 2.24. The SMILES string of the molecule is Cc1cc(CN(C)Cc2cc(-c3ccc(C)o3)n[nH]2)on1.O=C(O)C(F)(F)F. The molecule has 0 saturated heterocycles. The molecule has 11 heteroatoms. The number of carboxylic acids is 1. The van der Waals surface area contributed by atoms with E-state index in [0.29, 0.717) is 6.54 Å². The fraction of sp³-hybridized carbons (Fsp3) is 0.353. The number of aryl methyl sites for hydroxylation is 2. The van der Waals surface area contributed by atoms with E-state index in [1.54, 1.807) is 0 Å². The van der Waals surface area contributed by atoms with E-state index >= 15 is 0 Å². The molecule has 0 atom stereocenters. The second-order valence-electron chi connectivity index (χ2n) is 6.10. The normalized spacial score (nSPS) is 11.4. The van der Waals surface area contributed by atoms with Crippen LogP contribution in [-0.2, 0) is 17.9 Å². The maximum absolute atomic E-state index is 10.6. The minimum atomic E-state index is -5.08. The van der Waals surface area contributed by atoms with Gasteiger partial charge in [-0.1, -0.05) is 5.16 Å². The van der Waals surface area contributed by atoms with Crippen LogP contribution in [0.5, 0.6) is 0 Å². The summed E-state index contributed by atoms with van der Waals surface area (Å²) in [6, 6.07) is 7.80. The second-order valence-corrected chi connectivity index (χ2v) is 6.10. The van der Waals surface area contributed by atoms with E-state index in [4.69, 9.17) is 18.8 Å². The smallest absolute Gasteiger partial charge is 0.475 e. The first kappa shape index (κ1) is 21.2. The number of H-pyrrole nitrogens is 1. The number of hydrogen-bond donors (Lipinski definition) is 2. The van der Waals surface area contributed by atoms with Gasteiger partial charge in [-0.25, -0.2) is 4.79 Å². The summed E-state index contributed by atoms with van der Waals surface area (Å²) >= 11 is 0. The molecule has 3 aromatic rings. The standard InChI is InChI=1S/C15H18N4O2.C2HF3O2/c1-10-6-13(21-18-10)9-19(3)8-12-7-14(17-16-12)15-5-4-11(2)20-15;3-2(4,5)1(6)7/h4-7H,8-9H2,1-3H3,(H,16,17);(H,6,7). The number of halogens is 3. The Kier molecular flexibility index (Phi) is 6.62. The van der Waals surface area contributed by atoms with E-state index in [-0.39, 0.29) is 0 Å². The lowest BCUT2D eigenvalue weighted by Crippen LogP contribution is -2.21. The number of alkyl halides is 3. The van der Waals surface area contributed by atoms with Crippen molar-refractivity contribution in [3.05, 3.63) is 47.2 Å². The van der Waals surface area contributed by atoms with E-state index in [1.165, 1.54) is 0 Å². The molecule has 0 aliphatic carbocycles. The van der Waals surface area contributed by atoms with Gasteiger partial charge in [-0.3, -0.25) is 10.00 Å². The van der Waals surface area contributed by atoms with Crippen LogP contribution in [0.15, 0.2) is 33.2 Å². The molecule has 152 valence electrons. The molecular weight excluding hydrogens is 381 g/mol. The van der Waals surface area contributed by atoms with Crippen LogP contribution in [0, 0.1) is 13.8 Å². The topological polar surface area (TPSA) is 108 Å². The summed E-state index contributed by atoms with van der Waals surface area (Å²) in [7, 11) is 2.02. The van der Waals surface area contributed by atoms with Crippen molar-refractivity contribution in [1.29, 1.82) is 0 Å². The van der Waals surface area contributed by atoms with Crippen molar-refractivity contribution in [1.82, 2.24) is 20.3 Å². The van der Waals surface area contributed by atoms with Gasteiger partial charge < -0.3 is 14.0 Å². The lowest BCUT2D eigenvalue weighted by molar-refractivity contribution is -0.192. The van der Waals surface area contributed by atoms with E-state index in [1.807, 2.05) is 45.2 Å². The lowest BCUT2D eigenvalue weighted by atomic mass is 10.3. The quantitative estimate of drug-likeness (QED) is 0.674. The van der Waals surface area contributed by atoms with Gasteiger partial charge in [0.25, 0.3) is 0 Å². The van der Waals surface area contributed by atoms with Crippen molar-refractivity contribution >= 4 is 5.97 Å². The first-order valence-corrected chi connectivity index (χ1v) is 8.06. The van der Waals surface area contributed by atoms with Crippen LogP contribution in [0.2, 0.25) is 0 Å². The summed E-state index contributed by atoms with van der Waals surface area (Å²) in [5.74, 6) is -0.236. The van der Waals surface area contributed by atoms with Crippen molar-refractivity contribution in [2.75, 3.05) is 7.05 Å². The van der Waals surface area contributed by atoms with Crippen molar-refractivity contribution < 1.29 is 32.0 Å². The summed E-state index contributed by atoms with van der Waals surface area (Å²) in [6.45, 7) is 5.28. The van der Waals surface area contributed by atoms with Gasteiger partial charge in [-0.05, 0) is 39.1 Å². The third-order valence-electron chi connectivity index (χ3n) is 3.41. The molecule has 28 heavy (non-hydrogen) atoms. The zero-order valence-corrected chi connectivity index (χ0v) is 15.4. The molecule has 0 fully saturated rings. The van der Waals surface area contributed by atoms with Crippen molar-refractivity contribution in [3.8, 4) is 11.5 Å². The average molecular weight is 400 g/mol. The fourth-order valence-electron chi connectivity index (χ4n) is 2.24. The molecule has 0 unspecified atom stereocenters. The number of carbonyl (C=O) groups is 1. The van der Waals surface area contributed by atoms with Gasteiger partial charge in [0.15, 0.2) is 11.5 Å². The van der Waals surface area contributed by atoms with Gasteiger partial charge in [-0.15, -0.1) is 0 Å². The van der Waals surface area contributed by atoms with E-state index in [2.05, 4.69) is 20.3 Å². The molecule has 0 bridgehead atoms. The Morgan fingerprint density at radius 3 is 2.43 bits per heavy atom. The molecule has 2 N–H and O–H groups in total. The van der Waals surface area contributed by atoms with Crippen molar-refractivity contribution in [2.45, 2.75) is 33.1 Å². The molecule has 0 amide bonds. The number of nitrogens with one attached hydrogen (secondary N) is 1. The minimum absolute atomic E-state index is 0.703. The summed E-state index contributed by atoms with van der Waals surface area (Å²) in [5, 5.41) is 18.3. The number of hydrogen-bond acceptors (Lipinski definition) is 6. The largest absolute Gasteiger partial charge is 0.490 e. The van der Waals surface area contributed by atoms with Crippen LogP contribution in [0.3, 0.4) is 0 Å². The van der Waals surface area contributed by atoms with Gasteiger partial charge in [0, 0.05) is 18.3 Å². The van der Waals surface area contributed by atoms with E-state index in [9.17, 15) is 13.2 Å². The van der Waals surface area contributed by atoms with Crippen LogP contribution in [0.1, 0.15) is 22.9 Å². The third-order valence-corrected chi connectivity index (χ3v) is 3.41. The highest BCUT2D eigenvalue weighted by atomic mass is 19.4. The van der Waals surface area contributed by atoms with Crippen LogP contribution < -0.4 is 0 Å². The summed E-state index contributed by atoms with van der Waals surface area (Å²) in [5.41, 5.74) is 2.75. The lowest BCUT2D eigenvalue weighted by Gasteiger charge is -2.12. The van der Waals surface area contributed by atoms with E-state index in [0.717, 1.165) is 40.9 Å². The van der Waals surface area contributed by atoms with Gasteiger partial charge >= 0.3 is 12.1 Å². The number of aliphatic carboxylic acids is 1. The maximum Gasteiger partial charge on any atom is 0.490 e. The highest BCUT2D eigenvalue weighted by Crippen LogP contribution is 2.21. The summed E-state index contributed by atoms with van der Waals surface area (Å²) in [4.78, 5) is 11.0. The molecule has 8 nitrogen and oxygen atoms in total. The first-order chi connectivity index (χ1) is 13.0. The Labute approximate surface area is 157 Å². The number of carboxylic acid groups (broad SMARTS) is 1. The Bertz CT molecular complexity index is 914. The predicted molar refractivity (Wildman–Crippen MR) is 91.1 cm³/mol. The molecule has 0 aliphatic rings.